The monoisotopic (exact) mass is 149 g/mol. The predicted molar refractivity (Wildman–Crippen MR) is 41.8 cm³/mol. The molecule has 3 heteroatoms. The lowest BCUT2D eigenvalue weighted by Crippen LogP contribution is -2.02. The average molecular weight is 149 g/mol. The Hall–Kier alpha value is -1.51. The number of aliphatic imine (C=N–C) groups is 1. The van der Waals surface area contributed by atoms with Gasteiger partial charge < -0.3 is 9.84 Å². The van der Waals surface area contributed by atoms with Crippen molar-refractivity contribution in [3.8, 4) is 11.5 Å². The van der Waals surface area contributed by atoms with Crippen molar-refractivity contribution < 1.29 is 9.84 Å². The van der Waals surface area contributed by atoms with Gasteiger partial charge in [-0.1, -0.05) is 0 Å². The van der Waals surface area contributed by atoms with Crippen LogP contribution in [0.15, 0.2) is 23.2 Å². The van der Waals surface area contributed by atoms with Crippen LogP contribution in [-0.4, -0.2) is 17.9 Å². The summed E-state index contributed by atoms with van der Waals surface area (Å²) in [6.45, 7) is 0.483. The maximum Gasteiger partial charge on any atom is 0.149 e. The molecule has 1 aromatic rings. The summed E-state index contributed by atoms with van der Waals surface area (Å²) >= 11 is 0. The van der Waals surface area contributed by atoms with Crippen LogP contribution in [0.25, 0.3) is 0 Å². The summed E-state index contributed by atoms with van der Waals surface area (Å²) in [6.07, 6.45) is 1.69. The number of hydrogen-bond acceptors (Lipinski definition) is 3. The first kappa shape index (κ1) is 6.22. The third-order valence-corrected chi connectivity index (χ3v) is 1.49. The van der Waals surface area contributed by atoms with Crippen LogP contribution in [0.5, 0.6) is 11.5 Å². The Bertz CT molecular complexity index is 307. The maximum absolute atomic E-state index is 9.06. The van der Waals surface area contributed by atoms with Gasteiger partial charge in [-0.05, 0) is 12.1 Å². The predicted octanol–water partition coefficient (Wildman–Crippen LogP) is 1.49. The second-order valence-corrected chi connectivity index (χ2v) is 2.27. The number of fused-ring (bicyclic) bond motifs is 1. The quantitative estimate of drug-likeness (QED) is 0.607. The Balaban J connectivity index is 2.53. The SMILES string of the molecule is Oc1ccc2c(c1)OCC=N2. The fraction of sp³-hybridized carbons (Fsp3) is 0.125. The molecule has 1 aliphatic heterocycles. The van der Waals surface area contributed by atoms with Crippen LogP contribution in [-0.2, 0) is 0 Å². The molecule has 1 N–H and O–H groups in total. The zero-order valence-corrected chi connectivity index (χ0v) is 5.82. The lowest BCUT2D eigenvalue weighted by atomic mass is 10.2. The molecule has 0 saturated heterocycles. The van der Waals surface area contributed by atoms with E-state index in [1.807, 2.05) is 0 Å². The summed E-state index contributed by atoms with van der Waals surface area (Å²) in [5.41, 5.74) is 0.772. The van der Waals surface area contributed by atoms with E-state index >= 15 is 0 Å². The Morgan fingerprint density at radius 1 is 1.45 bits per heavy atom. The first-order valence-electron chi connectivity index (χ1n) is 3.34. The van der Waals surface area contributed by atoms with Crippen LogP contribution in [0.1, 0.15) is 0 Å². The molecule has 1 aliphatic rings. The highest BCUT2D eigenvalue weighted by atomic mass is 16.5. The zero-order chi connectivity index (χ0) is 7.68. The number of rotatable bonds is 0. The van der Waals surface area contributed by atoms with Gasteiger partial charge in [0.25, 0.3) is 0 Å². The second kappa shape index (κ2) is 2.27. The van der Waals surface area contributed by atoms with Crippen molar-refractivity contribution in [3.05, 3.63) is 18.2 Å². The molecule has 0 aliphatic carbocycles. The van der Waals surface area contributed by atoms with Crippen LogP contribution in [0.3, 0.4) is 0 Å². The normalized spacial score (nSPS) is 13.8. The highest BCUT2D eigenvalue weighted by Gasteiger charge is 2.05. The second-order valence-electron chi connectivity index (χ2n) is 2.27. The van der Waals surface area contributed by atoms with Crippen molar-refractivity contribution in [2.45, 2.75) is 0 Å². The van der Waals surface area contributed by atoms with Gasteiger partial charge >= 0.3 is 0 Å². The van der Waals surface area contributed by atoms with Crippen molar-refractivity contribution in [1.82, 2.24) is 0 Å². The topological polar surface area (TPSA) is 41.8 Å². The highest BCUT2D eigenvalue weighted by molar-refractivity contribution is 5.71. The van der Waals surface area contributed by atoms with E-state index in [-0.39, 0.29) is 5.75 Å². The van der Waals surface area contributed by atoms with E-state index in [1.165, 1.54) is 0 Å². The molecule has 0 aromatic heterocycles. The van der Waals surface area contributed by atoms with E-state index < -0.39 is 0 Å². The minimum atomic E-state index is 0.209. The fourth-order valence-corrected chi connectivity index (χ4v) is 0.988. The van der Waals surface area contributed by atoms with Gasteiger partial charge in [0, 0.05) is 12.3 Å². The van der Waals surface area contributed by atoms with Crippen molar-refractivity contribution >= 4 is 11.9 Å². The lowest BCUT2D eigenvalue weighted by Gasteiger charge is -2.10. The summed E-state index contributed by atoms with van der Waals surface area (Å²) in [7, 11) is 0. The maximum atomic E-state index is 9.06. The van der Waals surface area contributed by atoms with Gasteiger partial charge in [-0.3, -0.25) is 4.99 Å². The van der Waals surface area contributed by atoms with E-state index in [2.05, 4.69) is 4.99 Å². The molecule has 1 heterocycles. The molecular weight excluding hydrogens is 142 g/mol. The van der Waals surface area contributed by atoms with E-state index in [4.69, 9.17) is 9.84 Å². The third-order valence-electron chi connectivity index (χ3n) is 1.49. The minimum absolute atomic E-state index is 0.209. The highest BCUT2D eigenvalue weighted by Crippen LogP contribution is 2.32. The minimum Gasteiger partial charge on any atom is -0.508 e. The van der Waals surface area contributed by atoms with Crippen molar-refractivity contribution in [2.75, 3.05) is 6.61 Å². The fourth-order valence-electron chi connectivity index (χ4n) is 0.988. The molecule has 56 valence electrons. The Labute approximate surface area is 64.0 Å². The number of ether oxygens (including phenoxy) is 1. The lowest BCUT2D eigenvalue weighted by molar-refractivity contribution is 0.373. The summed E-state index contributed by atoms with van der Waals surface area (Å²) < 4.78 is 5.19. The van der Waals surface area contributed by atoms with E-state index in [0.29, 0.717) is 12.4 Å². The van der Waals surface area contributed by atoms with Gasteiger partial charge in [0.1, 0.15) is 23.8 Å². The molecule has 0 fully saturated rings. The average Bonchev–Trinajstić information content (AvgIpc) is 2.04. The number of phenolic OH excluding ortho intramolecular Hbond substituents is 1. The molecule has 0 spiro atoms. The molecule has 0 saturated carbocycles. The summed E-state index contributed by atoms with van der Waals surface area (Å²) in [5, 5.41) is 9.06. The van der Waals surface area contributed by atoms with Gasteiger partial charge in [-0.15, -0.1) is 0 Å². The van der Waals surface area contributed by atoms with Gasteiger partial charge in [0.15, 0.2) is 0 Å². The molecule has 2 rings (SSSR count). The van der Waals surface area contributed by atoms with E-state index in [1.54, 1.807) is 24.4 Å². The summed E-state index contributed by atoms with van der Waals surface area (Å²) in [4.78, 5) is 4.07. The Morgan fingerprint density at radius 3 is 3.27 bits per heavy atom. The van der Waals surface area contributed by atoms with Crippen LogP contribution < -0.4 is 4.74 Å². The first-order valence-corrected chi connectivity index (χ1v) is 3.34. The number of phenols is 1. The number of aromatic hydroxyl groups is 1. The molecule has 0 unspecified atom stereocenters. The molecular formula is C8H7NO2. The van der Waals surface area contributed by atoms with Crippen LogP contribution >= 0.6 is 0 Å². The number of nitrogens with zero attached hydrogens (tertiary/aromatic N) is 1. The van der Waals surface area contributed by atoms with Gasteiger partial charge in [0.2, 0.25) is 0 Å². The van der Waals surface area contributed by atoms with E-state index in [9.17, 15) is 0 Å². The molecule has 0 amide bonds. The molecule has 3 nitrogen and oxygen atoms in total. The number of benzene rings is 1. The number of hydrogen-bond donors (Lipinski definition) is 1. The largest absolute Gasteiger partial charge is 0.508 e. The smallest absolute Gasteiger partial charge is 0.149 e. The van der Waals surface area contributed by atoms with Gasteiger partial charge in [0.05, 0.1) is 0 Å². The summed E-state index contributed by atoms with van der Waals surface area (Å²) in [6, 6.07) is 4.87. The van der Waals surface area contributed by atoms with Crippen molar-refractivity contribution in [1.29, 1.82) is 0 Å². The van der Waals surface area contributed by atoms with Crippen LogP contribution in [0, 0.1) is 0 Å². The van der Waals surface area contributed by atoms with Crippen LogP contribution in [0.4, 0.5) is 5.69 Å². The molecule has 0 atom stereocenters. The Morgan fingerprint density at radius 2 is 2.36 bits per heavy atom. The molecule has 0 radical (unpaired) electrons. The third kappa shape index (κ3) is 1.05. The van der Waals surface area contributed by atoms with Crippen molar-refractivity contribution in [2.24, 2.45) is 4.99 Å². The van der Waals surface area contributed by atoms with Crippen molar-refractivity contribution in [3.63, 3.8) is 0 Å². The molecule has 11 heavy (non-hydrogen) atoms. The zero-order valence-electron chi connectivity index (χ0n) is 5.82. The molecule has 0 bridgehead atoms. The molecule has 1 aromatic carbocycles. The van der Waals surface area contributed by atoms with E-state index in [0.717, 1.165) is 5.69 Å². The van der Waals surface area contributed by atoms with Crippen LogP contribution in [0.2, 0.25) is 0 Å². The Kier molecular flexibility index (Phi) is 1.28. The standard InChI is InChI=1S/C8H7NO2/c10-6-1-2-7-8(5-6)11-4-3-9-7/h1-3,5,10H,4H2. The van der Waals surface area contributed by atoms with Gasteiger partial charge in [-0.2, -0.15) is 0 Å². The first-order chi connectivity index (χ1) is 5.36. The van der Waals surface area contributed by atoms with Gasteiger partial charge in [-0.25, -0.2) is 0 Å². The summed E-state index contributed by atoms with van der Waals surface area (Å²) in [5.74, 6) is 0.855.